The van der Waals surface area contributed by atoms with Gasteiger partial charge in [-0.2, -0.15) is 31.4 Å². The molecule has 3 aliphatic heterocycles. The summed E-state index contributed by atoms with van der Waals surface area (Å²) in [5.74, 6) is -7.10. The largest absolute Gasteiger partial charge is 0.480 e. The van der Waals surface area contributed by atoms with Crippen LogP contribution in [-0.2, 0) is 17.9 Å². The van der Waals surface area contributed by atoms with Crippen molar-refractivity contribution in [2.75, 3.05) is 31.1 Å². The number of carboxylic acid groups (broad SMARTS) is 1. The van der Waals surface area contributed by atoms with Gasteiger partial charge in [-0.15, -0.1) is 0 Å². The van der Waals surface area contributed by atoms with Gasteiger partial charge in [-0.25, -0.2) is 0 Å². The molecule has 220 valence electrons. The number of rotatable bonds is 7. The molecule has 2 aromatic rings. The third-order valence-electron chi connectivity index (χ3n) is 8.48. The quantitative estimate of drug-likeness (QED) is 0.465. The number of likely N-dealkylation sites (tertiary alicyclic amines) is 1. The number of halogens is 6. The van der Waals surface area contributed by atoms with Crippen LogP contribution in [0.25, 0.3) is 11.3 Å². The van der Waals surface area contributed by atoms with Crippen molar-refractivity contribution in [1.82, 2.24) is 20.0 Å². The van der Waals surface area contributed by atoms with Gasteiger partial charge >= 0.3 is 18.3 Å². The zero-order valence-corrected chi connectivity index (χ0v) is 22.0. The molecule has 3 fully saturated rings. The van der Waals surface area contributed by atoms with Gasteiger partial charge in [0.05, 0.1) is 5.69 Å². The standard InChI is InChI=1S/C27H33F6N5O2/c1-2-38-13-17(21(35-38)16-7-6-8-18(11-16)37-9-4-3-5-10-37)12-36-14-19-20(15-36)23(25(39)40)34-22(19)24(26(28,29)30)27(31,32)33/h6-8,11,13,19-20,22-24,34H,2-5,9-10,12,14-15H2,1H3,(H,39,40). The number of aliphatic carboxylic acids is 1. The van der Waals surface area contributed by atoms with Crippen LogP contribution < -0.4 is 10.2 Å². The van der Waals surface area contributed by atoms with E-state index in [1.54, 1.807) is 9.58 Å². The van der Waals surface area contributed by atoms with Crippen LogP contribution in [0.15, 0.2) is 30.5 Å². The molecule has 0 saturated carbocycles. The van der Waals surface area contributed by atoms with Crippen molar-refractivity contribution in [3.8, 4) is 11.3 Å². The van der Waals surface area contributed by atoms with Crippen molar-refractivity contribution >= 4 is 11.7 Å². The van der Waals surface area contributed by atoms with Gasteiger partial charge in [0, 0.05) is 74.2 Å². The number of carbonyl (C=O) groups is 1. The van der Waals surface area contributed by atoms with E-state index in [-0.39, 0.29) is 19.6 Å². The van der Waals surface area contributed by atoms with Crippen LogP contribution in [0.2, 0.25) is 0 Å². The Morgan fingerprint density at radius 2 is 1.75 bits per heavy atom. The molecule has 7 nitrogen and oxygen atoms in total. The van der Waals surface area contributed by atoms with E-state index in [0.717, 1.165) is 42.7 Å². The highest BCUT2D eigenvalue weighted by atomic mass is 19.4. The predicted octanol–water partition coefficient (Wildman–Crippen LogP) is 4.77. The molecule has 13 heteroatoms. The van der Waals surface area contributed by atoms with Gasteiger partial charge in [-0.1, -0.05) is 12.1 Å². The molecule has 1 aromatic heterocycles. The Labute approximate surface area is 228 Å². The fourth-order valence-electron chi connectivity index (χ4n) is 6.67. The van der Waals surface area contributed by atoms with E-state index in [1.807, 2.05) is 31.3 Å². The van der Waals surface area contributed by atoms with Crippen LogP contribution >= 0.6 is 0 Å². The summed E-state index contributed by atoms with van der Waals surface area (Å²) in [6, 6.07) is 4.44. The molecular formula is C27H33F6N5O2. The second-order valence-electron chi connectivity index (χ2n) is 11.0. The van der Waals surface area contributed by atoms with Crippen molar-refractivity contribution in [2.45, 2.75) is 63.7 Å². The van der Waals surface area contributed by atoms with Gasteiger partial charge in [-0.3, -0.25) is 14.4 Å². The van der Waals surface area contributed by atoms with Crippen LogP contribution in [0.4, 0.5) is 32.0 Å². The number of nitrogens with zero attached hydrogens (tertiary/aromatic N) is 4. The monoisotopic (exact) mass is 573 g/mol. The smallest absolute Gasteiger partial charge is 0.402 e. The normalized spacial score (nSPS) is 26.1. The number of alkyl halides is 6. The molecule has 0 spiro atoms. The third kappa shape index (κ3) is 5.67. The molecular weight excluding hydrogens is 540 g/mol. The average molecular weight is 574 g/mol. The summed E-state index contributed by atoms with van der Waals surface area (Å²) in [5, 5.41) is 16.6. The molecule has 1 aromatic carbocycles. The maximum absolute atomic E-state index is 13.6. The topological polar surface area (TPSA) is 73.6 Å². The Balaban J connectivity index is 1.41. The first-order valence-corrected chi connectivity index (χ1v) is 13.6. The minimum Gasteiger partial charge on any atom is -0.480 e. The molecule has 5 rings (SSSR count). The van der Waals surface area contributed by atoms with Gasteiger partial charge < -0.3 is 15.3 Å². The van der Waals surface area contributed by atoms with Crippen molar-refractivity contribution in [3.05, 3.63) is 36.0 Å². The number of hydrogen-bond acceptors (Lipinski definition) is 5. The molecule has 4 unspecified atom stereocenters. The lowest BCUT2D eigenvalue weighted by molar-refractivity contribution is -0.293. The number of hydrogen-bond donors (Lipinski definition) is 2. The fourth-order valence-corrected chi connectivity index (χ4v) is 6.67. The summed E-state index contributed by atoms with van der Waals surface area (Å²) in [6.07, 6.45) is -5.84. The predicted molar refractivity (Wildman–Crippen MR) is 136 cm³/mol. The lowest BCUT2D eigenvalue weighted by Crippen LogP contribution is -2.53. The minimum absolute atomic E-state index is 0.0676. The first kappa shape index (κ1) is 28.7. The maximum atomic E-state index is 13.6. The Kier molecular flexibility index (Phi) is 7.81. The molecule has 0 bridgehead atoms. The van der Waals surface area contributed by atoms with Crippen molar-refractivity contribution in [3.63, 3.8) is 0 Å². The fraction of sp³-hybridized carbons (Fsp3) is 0.630. The van der Waals surface area contributed by atoms with Crippen molar-refractivity contribution < 1.29 is 36.2 Å². The first-order chi connectivity index (χ1) is 18.9. The van der Waals surface area contributed by atoms with E-state index >= 15 is 0 Å². The first-order valence-electron chi connectivity index (χ1n) is 13.6. The van der Waals surface area contributed by atoms with Gasteiger partial charge in [-0.05, 0) is 44.2 Å². The Morgan fingerprint density at radius 1 is 1.07 bits per heavy atom. The van der Waals surface area contributed by atoms with E-state index in [2.05, 4.69) is 16.3 Å². The average Bonchev–Trinajstić information content (AvgIpc) is 3.57. The number of benzene rings is 1. The van der Waals surface area contributed by atoms with E-state index in [0.29, 0.717) is 12.2 Å². The van der Waals surface area contributed by atoms with Crippen LogP contribution in [0.1, 0.15) is 31.7 Å². The Bertz CT molecular complexity index is 1190. The second kappa shape index (κ2) is 10.9. The highest BCUT2D eigenvalue weighted by Gasteiger charge is 2.66. The molecule has 0 radical (unpaired) electrons. The third-order valence-corrected chi connectivity index (χ3v) is 8.48. The number of aromatic nitrogens is 2. The van der Waals surface area contributed by atoms with E-state index in [9.17, 15) is 36.2 Å². The highest BCUT2D eigenvalue weighted by molar-refractivity contribution is 5.75. The molecule has 3 aliphatic rings. The van der Waals surface area contributed by atoms with Crippen LogP contribution in [-0.4, -0.2) is 76.4 Å². The second-order valence-corrected chi connectivity index (χ2v) is 11.0. The summed E-state index contributed by atoms with van der Waals surface area (Å²) in [5.41, 5.74) is 3.44. The molecule has 0 amide bonds. The zero-order chi connectivity index (χ0) is 28.8. The van der Waals surface area contributed by atoms with Crippen LogP contribution in [0.3, 0.4) is 0 Å². The summed E-state index contributed by atoms with van der Waals surface area (Å²) in [4.78, 5) is 15.9. The Morgan fingerprint density at radius 3 is 2.38 bits per heavy atom. The summed E-state index contributed by atoms with van der Waals surface area (Å²) >= 11 is 0. The molecule has 4 heterocycles. The number of nitrogens with one attached hydrogen (secondary N) is 1. The molecule has 40 heavy (non-hydrogen) atoms. The lowest BCUT2D eigenvalue weighted by Gasteiger charge is -2.32. The van der Waals surface area contributed by atoms with Crippen LogP contribution in [0, 0.1) is 17.8 Å². The van der Waals surface area contributed by atoms with Crippen molar-refractivity contribution in [2.24, 2.45) is 17.8 Å². The maximum Gasteiger partial charge on any atom is 0.402 e. The molecule has 4 atom stereocenters. The summed E-state index contributed by atoms with van der Waals surface area (Å²) in [6.45, 7) is 4.65. The Hall–Kier alpha value is -2.80. The zero-order valence-electron chi connectivity index (χ0n) is 22.0. The van der Waals surface area contributed by atoms with Gasteiger partial charge in [0.2, 0.25) is 0 Å². The minimum atomic E-state index is -5.56. The highest BCUT2D eigenvalue weighted by Crippen LogP contribution is 2.48. The molecule has 2 N–H and O–H groups in total. The lowest BCUT2D eigenvalue weighted by atomic mass is 9.84. The SMILES string of the molecule is CCn1cc(CN2CC3C(C(=O)O)NC(C(C(F)(F)F)C(F)(F)F)C3C2)c(-c2cccc(N3CCCCC3)c2)n1. The number of aryl methyl sites for hydroxylation is 1. The summed E-state index contributed by atoms with van der Waals surface area (Å²) in [7, 11) is 0. The molecule has 0 aliphatic carbocycles. The van der Waals surface area contributed by atoms with E-state index < -0.39 is 48.2 Å². The number of fused-ring (bicyclic) bond motifs is 1. The number of anilines is 1. The number of piperidine rings is 1. The van der Waals surface area contributed by atoms with Gasteiger partial charge in [0.25, 0.3) is 0 Å². The van der Waals surface area contributed by atoms with E-state index in [4.69, 9.17) is 5.10 Å². The van der Waals surface area contributed by atoms with Crippen LogP contribution in [0.5, 0.6) is 0 Å². The number of carboxylic acids is 1. The van der Waals surface area contributed by atoms with Gasteiger partial charge in [0.15, 0.2) is 5.92 Å². The summed E-state index contributed by atoms with van der Waals surface area (Å²) < 4.78 is 83.4. The van der Waals surface area contributed by atoms with Crippen molar-refractivity contribution in [1.29, 1.82) is 0 Å². The van der Waals surface area contributed by atoms with Gasteiger partial charge in [0.1, 0.15) is 6.04 Å². The van der Waals surface area contributed by atoms with E-state index in [1.165, 1.54) is 6.42 Å². The molecule has 3 saturated heterocycles.